The molecule has 2 amide bonds. The van der Waals surface area contributed by atoms with Crippen LogP contribution in [0.2, 0.25) is 10.0 Å². The molecule has 202 valence electrons. The fourth-order valence-corrected chi connectivity index (χ4v) is 5.04. The van der Waals surface area contributed by atoms with Crippen LogP contribution in [0.1, 0.15) is 51.7 Å². The van der Waals surface area contributed by atoms with Gasteiger partial charge in [-0.1, -0.05) is 47.5 Å². The third-order valence-electron chi connectivity index (χ3n) is 6.35. The molecular formula is C29H25Cl2N2NaO6. The summed E-state index contributed by atoms with van der Waals surface area (Å²) in [5.74, 6) is -3.24. The van der Waals surface area contributed by atoms with Crippen molar-refractivity contribution in [3.8, 4) is 0 Å². The van der Waals surface area contributed by atoms with Gasteiger partial charge in [-0.05, 0) is 77.9 Å². The number of carbonyl (C=O) groups excluding carboxylic acids is 2. The van der Waals surface area contributed by atoms with Crippen LogP contribution >= 0.6 is 23.2 Å². The van der Waals surface area contributed by atoms with Gasteiger partial charge >= 0.3 is 41.5 Å². The van der Waals surface area contributed by atoms with Crippen LogP contribution in [-0.4, -0.2) is 40.0 Å². The molecule has 1 atom stereocenters. The second-order valence-corrected chi connectivity index (χ2v) is 9.86. The van der Waals surface area contributed by atoms with Crippen molar-refractivity contribution < 1.29 is 60.4 Å². The van der Waals surface area contributed by atoms with Gasteiger partial charge in [0.1, 0.15) is 6.04 Å². The number of allylic oxidation sites excluding steroid dienone is 1. The Hall–Kier alpha value is -3.14. The zero-order valence-corrected chi connectivity index (χ0v) is 25.1. The van der Waals surface area contributed by atoms with Crippen molar-refractivity contribution >= 4 is 58.2 Å². The quantitative estimate of drug-likeness (QED) is 0.235. The van der Waals surface area contributed by atoms with Crippen LogP contribution in [0, 0.1) is 0 Å². The number of amides is 2. The number of aryl methyl sites for hydroxylation is 1. The largest absolute Gasteiger partial charge is 1.00 e. The Morgan fingerprint density at radius 1 is 0.925 bits per heavy atom. The Bertz CT molecular complexity index is 1480. The number of carboxylic acids is 2. The van der Waals surface area contributed by atoms with E-state index >= 15 is 0 Å². The summed E-state index contributed by atoms with van der Waals surface area (Å²) in [6.07, 6.45) is 3.29. The van der Waals surface area contributed by atoms with Gasteiger partial charge in [-0.2, -0.15) is 0 Å². The minimum atomic E-state index is -1.20. The number of hydrogen-bond acceptors (Lipinski definition) is 4. The molecule has 3 aromatic carbocycles. The van der Waals surface area contributed by atoms with E-state index in [1.807, 2.05) is 0 Å². The first-order valence-corrected chi connectivity index (χ1v) is 12.8. The van der Waals surface area contributed by atoms with Crippen LogP contribution in [-0.2, 0) is 22.4 Å². The minimum Gasteiger partial charge on any atom is -1.00 e. The number of rotatable bonds is 8. The molecule has 1 aliphatic carbocycles. The molecule has 4 rings (SSSR count). The number of hydrogen-bond donors (Lipinski definition) is 4. The molecular weight excluding hydrogens is 566 g/mol. The average molecular weight is 591 g/mol. The number of fused-ring (bicyclic) bond motifs is 1. The van der Waals surface area contributed by atoms with E-state index in [2.05, 4.69) is 10.6 Å². The van der Waals surface area contributed by atoms with Crippen molar-refractivity contribution in [1.82, 2.24) is 5.32 Å². The fraction of sp³-hybridized carbons (Fsp3) is 0.172. The molecule has 8 nitrogen and oxygen atoms in total. The summed E-state index contributed by atoms with van der Waals surface area (Å²) in [7, 11) is 0. The summed E-state index contributed by atoms with van der Waals surface area (Å²) in [6.45, 7) is 0. The molecule has 3 aromatic rings. The van der Waals surface area contributed by atoms with E-state index in [-0.39, 0.29) is 53.0 Å². The Labute approximate surface area is 264 Å². The molecule has 0 aromatic heterocycles. The molecule has 0 fully saturated rings. The number of nitrogens with one attached hydrogen (secondary N) is 2. The fourth-order valence-electron chi connectivity index (χ4n) is 4.47. The maximum Gasteiger partial charge on any atom is 1.00 e. The number of carboxylic acid groups (broad SMARTS) is 2. The normalized spacial score (nSPS) is 13.9. The molecule has 0 bridgehead atoms. The second kappa shape index (κ2) is 14.0. The molecule has 0 saturated heterocycles. The smallest absolute Gasteiger partial charge is 1.00 e. The zero-order valence-electron chi connectivity index (χ0n) is 22.5. The average Bonchev–Trinajstić information content (AvgIpc) is 2.88. The Morgan fingerprint density at radius 3 is 2.23 bits per heavy atom. The van der Waals surface area contributed by atoms with Gasteiger partial charge in [0.25, 0.3) is 11.8 Å². The van der Waals surface area contributed by atoms with Gasteiger partial charge < -0.3 is 22.3 Å². The Morgan fingerprint density at radius 2 is 1.60 bits per heavy atom. The first-order valence-electron chi connectivity index (χ1n) is 12.1. The van der Waals surface area contributed by atoms with Crippen LogP contribution in [0.5, 0.6) is 0 Å². The van der Waals surface area contributed by atoms with Crippen molar-refractivity contribution in [2.75, 3.05) is 5.32 Å². The maximum atomic E-state index is 12.9. The van der Waals surface area contributed by atoms with Crippen molar-refractivity contribution in [3.05, 3.63) is 105 Å². The molecule has 0 radical (unpaired) electrons. The van der Waals surface area contributed by atoms with E-state index in [0.29, 0.717) is 35.2 Å². The van der Waals surface area contributed by atoms with E-state index in [1.165, 1.54) is 6.08 Å². The molecule has 4 N–H and O–H groups in total. The van der Waals surface area contributed by atoms with Gasteiger partial charge in [-0.15, -0.1) is 0 Å². The molecule has 0 unspecified atom stereocenters. The zero-order chi connectivity index (χ0) is 28.1. The number of carbonyl (C=O) groups is 4. The van der Waals surface area contributed by atoms with Gasteiger partial charge in [0.2, 0.25) is 0 Å². The first-order chi connectivity index (χ1) is 18.6. The third kappa shape index (κ3) is 7.74. The molecule has 0 aliphatic heterocycles. The van der Waals surface area contributed by atoms with Crippen molar-refractivity contribution in [2.24, 2.45) is 0 Å². The summed E-state index contributed by atoms with van der Waals surface area (Å²) >= 11 is 12.2. The van der Waals surface area contributed by atoms with Gasteiger partial charge in [0, 0.05) is 23.7 Å². The predicted molar refractivity (Wildman–Crippen MR) is 150 cm³/mol. The first kappa shape index (κ1) is 31.4. The maximum absolute atomic E-state index is 12.9. The molecule has 0 spiro atoms. The molecule has 40 heavy (non-hydrogen) atoms. The molecule has 11 heteroatoms. The minimum absolute atomic E-state index is 0. The Kier molecular flexibility index (Phi) is 11.0. The van der Waals surface area contributed by atoms with Gasteiger partial charge in [0.05, 0.1) is 15.6 Å². The van der Waals surface area contributed by atoms with Gasteiger partial charge in [0.15, 0.2) is 0 Å². The number of anilines is 1. The predicted octanol–water partition coefficient (Wildman–Crippen LogP) is 2.59. The number of aliphatic carboxylic acids is 2. The number of halogens is 2. The summed E-state index contributed by atoms with van der Waals surface area (Å²) < 4.78 is 0. The van der Waals surface area contributed by atoms with E-state index < -0.39 is 29.8 Å². The SMILES string of the molecule is O=C(O)C=C1CCCc2cc(C(=O)N[C@@H](Cc3ccc(NC(=O)c4c(Cl)cccc4Cl)cc3)C(=O)O)ccc21.[H-].[Na+]. The van der Waals surface area contributed by atoms with Crippen LogP contribution in [0.3, 0.4) is 0 Å². The van der Waals surface area contributed by atoms with E-state index in [9.17, 15) is 24.3 Å². The van der Waals surface area contributed by atoms with Crippen LogP contribution in [0.4, 0.5) is 5.69 Å². The Balaban J connectivity index is 0.00000294. The summed E-state index contributed by atoms with van der Waals surface area (Å²) in [5, 5.41) is 24.5. The van der Waals surface area contributed by atoms with Crippen LogP contribution in [0.25, 0.3) is 5.57 Å². The summed E-state index contributed by atoms with van der Waals surface area (Å²) in [6, 6.07) is 15.0. The van der Waals surface area contributed by atoms with E-state index in [4.69, 9.17) is 28.3 Å². The van der Waals surface area contributed by atoms with Gasteiger partial charge in [-0.3, -0.25) is 9.59 Å². The standard InChI is InChI=1S/C29H24Cl2N2O6.Na.H/c30-22-5-2-6-23(31)26(22)28(37)32-20-10-7-16(8-11-20)13-24(29(38)39)33-27(36)19-9-12-21-17(14-19)3-1-4-18(21)15-25(34)35;;/h2,5-12,14-15,24H,1,3-4,13H2,(H,32,37)(H,33,36)(H,34,35)(H,38,39);;/q;+1;-1/t24-;;/m0../s1. The van der Waals surface area contributed by atoms with Crippen LogP contribution in [0.15, 0.2) is 66.7 Å². The number of benzene rings is 3. The van der Waals surface area contributed by atoms with Crippen LogP contribution < -0.4 is 40.2 Å². The van der Waals surface area contributed by atoms with Crippen molar-refractivity contribution in [3.63, 3.8) is 0 Å². The monoisotopic (exact) mass is 590 g/mol. The van der Waals surface area contributed by atoms with Crippen molar-refractivity contribution in [2.45, 2.75) is 31.7 Å². The summed E-state index contributed by atoms with van der Waals surface area (Å²) in [4.78, 5) is 48.5. The molecule has 1 aliphatic rings. The third-order valence-corrected chi connectivity index (χ3v) is 6.98. The molecule has 0 heterocycles. The topological polar surface area (TPSA) is 133 Å². The van der Waals surface area contributed by atoms with E-state index in [1.54, 1.807) is 60.7 Å². The van der Waals surface area contributed by atoms with E-state index in [0.717, 1.165) is 17.5 Å². The second-order valence-electron chi connectivity index (χ2n) is 9.05. The molecule has 0 saturated carbocycles. The summed E-state index contributed by atoms with van der Waals surface area (Å²) in [5.41, 5.74) is 3.88. The van der Waals surface area contributed by atoms with Gasteiger partial charge in [-0.25, -0.2) is 9.59 Å². The van der Waals surface area contributed by atoms with Crippen molar-refractivity contribution in [1.29, 1.82) is 0 Å².